The molecule has 0 spiro atoms. The molecule has 136 valence electrons. The topological polar surface area (TPSA) is 71.9 Å². The molecule has 0 saturated carbocycles. The van der Waals surface area contributed by atoms with Crippen molar-refractivity contribution in [1.82, 2.24) is 9.88 Å². The first kappa shape index (κ1) is 19.1. The number of rotatable bonds is 5. The lowest BCUT2D eigenvalue weighted by molar-refractivity contribution is -0.0141. The molecule has 0 unspecified atom stereocenters. The van der Waals surface area contributed by atoms with Gasteiger partial charge in [-0.3, -0.25) is 4.98 Å². The van der Waals surface area contributed by atoms with Crippen molar-refractivity contribution in [3.05, 3.63) is 24.0 Å². The van der Waals surface area contributed by atoms with Crippen molar-refractivity contribution in [2.75, 3.05) is 19.8 Å². The zero-order valence-corrected chi connectivity index (χ0v) is 15.1. The lowest BCUT2D eigenvalue weighted by Gasteiger charge is -2.40. The maximum atomic E-state index is 12.1. The highest BCUT2D eigenvalue weighted by atomic mass is 16.6. The van der Waals surface area contributed by atoms with Crippen molar-refractivity contribution in [3.63, 3.8) is 0 Å². The summed E-state index contributed by atoms with van der Waals surface area (Å²) in [6.07, 6.45) is 5.22. The SMILES string of the molecule is CC(C)(C)OC(=O)N1CC[C@H]1COc1cncc(C#CCCCO)c1. The van der Waals surface area contributed by atoms with Crippen LogP contribution in [0.5, 0.6) is 5.75 Å². The van der Waals surface area contributed by atoms with E-state index in [2.05, 4.69) is 16.8 Å². The zero-order valence-electron chi connectivity index (χ0n) is 15.1. The van der Waals surface area contributed by atoms with Gasteiger partial charge in [0.15, 0.2) is 0 Å². The predicted molar refractivity (Wildman–Crippen MR) is 94.3 cm³/mol. The molecule has 6 nitrogen and oxygen atoms in total. The summed E-state index contributed by atoms with van der Waals surface area (Å²) in [7, 11) is 0. The molecule has 1 aromatic heterocycles. The number of likely N-dealkylation sites (tertiary alicyclic amines) is 1. The fourth-order valence-corrected chi connectivity index (χ4v) is 2.27. The van der Waals surface area contributed by atoms with Gasteiger partial charge in [-0.25, -0.2) is 4.79 Å². The number of aliphatic hydroxyl groups is 1. The molecule has 2 heterocycles. The van der Waals surface area contributed by atoms with E-state index in [-0.39, 0.29) is 18.7 Å². The standard InChI is InChI=1S/C19H26N2O4/c1-19(2,3)25-18(23)21-9-8-16(21)14-24-17-11-15(12-20-13-17)7-5-4-6-10-22/h11-13,16,22H,4,6,8-10,14H2,1-3H3/t16-/m0/s1. The molecule has 1 aliphatic rings. The van der Waals surface area contributed by atoms with Crippen LogP contribution in [-0.2, 0) is 4.74 Å². The predicted octanol–water partition coefficient (Wildman–Crippen LogP) is 2.59. The fourth-order valence-electron chi connectivity index (χ4n) is 2.27. The first-order valence-corrected chi connectivity index (χ1v) is 8.56. The maximum Gasteiger partial charge on any atom is 0.410 e. The lowest BCUT2D eigenvalue weighted by Crippen LogP contribution is -2.55. The van der Waals surface area contributed by atoms with Crippen molar-refractivity contribution in [1.29, 1.82) is 0 Å². The van der Waals surface area contributed by atoms with Gasteiger partial charge in [-0.1, -0.05) is 11.8 Å². The first-order valence-electron chi connectivity index (χ1n) is 8.56. The van der Waals surface area contributed by atoms with E-state index in [1.165, 1.54) is 0 Å². The van der Waals surface area contributed by atoms with E-state index in [1.807, 2.05) is 26.8 Å². The molecular formula is C19H26N2O4. The van der Waals surface area contributed by atoms with Gasteiger partial charge in [-0.05, 0) is 39.7 Å². The van der Waals surface area contributed by atoms with Gasteiger partial charge in [0, 0.05) is 31.3 Å². The van der Waals surface area contributed by atoms with Gasteiger partial charge in [0.1, 0.15) is 18.0 Å². The van der Waals surface area contributed by atoms with E-state index in [0.717, 1.165) is 12.0 Å². The summed E-state index contributed by atoms with van der Waals surface area (Å²) in [5.74, 6) is 6.62. The number of hydrogen-bond donors (Lipinski definition) is 1. The Labute approximate surface area is 149 Å². The van der Waals surface area contributed by atoms with Crippen LogP contribution in [0.15, 0.2) is 18.5 Å². The van der Waals surface area contributed by atoms with Gasteiger partial charge in [0.05, 0.1) is 12.2 Å². The monoisotopic (exact) mass is 346 g/mol. The summed E-state index contributed by atoms with van der Waals surface area (Å²) in [6.45, 7) is 6.81. The zero-order chi connectivity index (χ0) is 18.3. The van der Waals surface area contributed by atoms with Crippen molar-refractivity contribution in [3.8, 4) is 17.6 Å². The van der Waals surface area contributed by atoms with E-state index >= 15 is 0 Å². The number of amides is 1. The second-order valence-electron chi connectivity index (χ2n) is 6.97. The summed E-state index contributed by atoms with van der Waals surface area (Å²) in [4.78, 5) is 17.9. The van der Waals surface area contributed by atoms with Crippen LogP contribution < -0.4 is 4.74 Å². The number of aromatic nitrogens is 1. The van der Waals surface area contributed by atoms with Gasteiger partial charge in [-0.15, -0.1) is 0 Å². The molecular weight excluding hydrogens is 320 g/mol. The Balaban J connectivity index is 1.84. The van der Waals surface area contributed by atoms with Crippen LogP contribution in [0.1, 0.15) is 45.6 Å². The number of carbonyl (C=O) groups excluding carboxylic acids is 1. The molecule has 1 N–H and O–H groups in total. The average Bonchev–Trinajstić information content (AvgIpc) is 2.49. The third-order valence-corrected chi connectivity index (χ3v) is 3.62. The van der Waals surface area contributed by atoms with Crippen LogP contribution in [0.3, 0.4) is 0 Å². The maximum absolute atomic E-state index is 12.1. The third kappa shape index (κ3) is 6.28. The van der Waals surface area contributed by atoms with E-state index in [9.17, 15) is 4.79 Å². The quantitative estimate of drug-likeness (QED) is 0.655. The van der Waals surface area contributed by atoms with E-state index < -0.39 is 5.60 Å². The van der Waals surface area contributed by atoms with Crippen LogP contribution in [0.2, 0.25) is 0 Å². The minimum absolute atomic E-state index is 0.0224. The number of aliphatic hydroxyl groups excluding tert-OH is 1. The Morgan fingerprint density at radius 2 is 2.24 bits per heavy atom. The molecule has 1 fully saturated rings. The number of pyridine rings is 1. The smallest absolute Gasteiger partial charge is 0.410 e. The van der Waals surface area contributed by atoms with Crippen molar-refractivity contribution in [2.24, 2.45) is 0 Å². The van der Waals surface area contributed by atoms with Crippen LogP contribution in [-0.4, -0.2) is 52.5 Å². The van der Waals surface area contributed by atoms with Crippen LogP contribution in [0.25, 0.3) is 0 Å². The highest BCUT2D eigenvalue weighted by Gasteiger charge is 2.35. The number of hydrogen-bond acceptors (Lipinski definition) is 5. The minimum atomic E-state index is -0.495. The molecule has 1 aliphatic heterocycles. The molecule has 2 rings (SSSR count). The van der Waals surface area contributed by atoms with Crippen molar-refractivity contribution < 1.29 is 19.4 Å². The highest BCUT2D eigenvalue weighted by molar-refractivity contribution is 5.69. The van der Waals surface area contributed by atoms with E-state index in [1.54, 1.807) is 17.3 Å². The van der Waals surface area contributed by atoms with Gasteiger partial charge in [0.2, 0.25) is 0 Å². The molecule has 0 aromatic carbocycles. The molecule has 1 aromatic rings. The molecule has 1 saturated heterocycles. The normalized spacial score (nSPS) is 16.5. The fraction of sp³-hybridized carbons (Fsp3) is 0.579. The Hall–Kier alpha value is -2.26. The third-order valence-electron chi connectivity index (χ3n) is 3.62. The Kier molecular flexibility index (Phi) is 6.65. The molecule has 0 bridgehead atoms. The van der Waals surface area contributed by atoms with Gasteiger partial charge >= 0.3 is 6.09 Å². The van der Waals surface area contributed by atoms with Crippen LogP contribution >= 0.6 is 0 Å². The summed E-state index contributed by atoms with van der Waals surface area (Å²) >= 11 is 0. The summed E-state index contributed by atoms with van der Waals surface area (Å²) < 4.78 is 11.2. The molecule has 0 aliphatic carbocycles. The molecule has 0 radical (unpaired) electrons. The molecule has 25 heavy (non-hydrogen) atoms. The van der Waals surface area contributed by atoms with Crippen LogP contribution in [0, 0.1) is 11.8 Å². The van der Waals surface area contributed by atoms with Crippen LogP contribution in [0.4, 0.5) is 4.79 Å². The number of carbonyl (C=O) groups is 1. The lowest BCUT2D eigenvalue weighted by atomic mass is 10.1. The van der Waals surface area contributed by atoms with Crippen molar-refractivity contribution >= 4 is 6.09 Å². The Bertz CT molecular complexity index is 643. The second kappa shape index (κ2) is 8.72. The van der Waals surface area contributed by atoms with Crippen molar-refractivity contribution in [2.45, 2.75) is 51.7 Å². The number of unbranched alkanes of at least 4 members (excludes halogenated alkanes) is 1. The number of nitrogens with zero attached hydrogens (tertiary/aromatic N) is 2. The molecule has 1 amide bonds. The summed E-state index contributed by atoms with van der Waals surface area (Å²) in [6, 6.07) is 1.85. The molecule has 1 atom stereocenters. The Morgan fingerprint density at radius 3 is 2.88 bits per heavy atom. The average molecular weight is 346 g/mol. The number of ether oxygens (including phenoxy) is 2. The summed E-state index contributed by atoms with van der Waals surface area (Å²) in [5.41, 5.74) is 0.276. The first-order chi connectivity index (χ1) is 11.9. The minimum Gasteiger partial charge on any atom is -0.490 e. The van der Waals surface area contributed by atoms with Gasteiger partial charge in [-0.2, -0.15) is 0 Å². The second-order valence-corrected chi connectivity index (χ2v) is 6.97. The Morgan fingerprint density at radius 1 is 1.44 bits per heavy atom. The van der Waals surface area contributed by atoms with Gasteiger partial charge in [0.25, 0.3) is 0 Å². The molecule has 6 heteroatoms. The largest absolute Gasteiger partial charge is 0.490 e. The van der Waals surface area contributed by atoms with E-state index in [0.29, 0.717) is 31.7 Å². The highest BCUT2D eigenvalue weighted by Crippen LogP contribution is 2.22. The summed E-state index contributed by atoms with van der Waals surface area (Å²) in [5, 5.41) is 8.74. The van der Waals surface area contributed by atoms with E-state index in [4.69, 9.17) is 14.6 Å². The van der Waals surface area contributed by atoms with Gasteiger partial charge < -0.3 is 19.5 Å².